The largest absolute Gasteiger partial charge is 0.376 e. The number of aromatic amines is 1. The summed E-state index contributed by atoms with van der Waals surface area (Å²) in [6.07, 6.45) is 5.83. The molecule has 0 radical (unpaired) electrons. The quantitative estimate of drug-likeness (QED) is 0.445. The van der Waals surface area contributed by atoms with Crippen LogP contribution in [0.4, 0.5) is 0 Å². The lowest BCUT2D eigenvalue weighted by molar-refractivity contribution is 0.0914. The zero-order valence-electron chi connectivity index (χ0n) is 18.6. The van der Waals surface area contributed by atoms with Crippen molar-refractivity contribution in [2.45, 2.75) is 52.0 Å². The fraction of sp³-hybridized carbons (Fsp3) is 0.375. The van der Waals surface area contributed by atoms with Gasteiger partial charge in [-0.2, -0.15) is 0 Å². The van der Waals surface area contributed by atoms with E-state index in [9.17, 15) is 4.79 Å². The summed E-state index contributed by atoms with van der Waals surface area (Å²) < 4.78 is 7.58. The van der Waals surface area contributed by atoms with Crippen LogP contribution < -0.4 is 5.56 Å². The molecule has 5 rings (SSSR count). The molecule has 9 heteroatoms. The van der Waals surface area contributed by atoms with Crippen LogP contribution >= 0.6 is 0 Å². The van der Waals surface area contributed by atoms with Gasteiger partial charge in [0.15, 0.2) is 5.82 Å². The summed E-state index contributed by atoms with van der Waals surface area (Å²) in [5, 5.41) is 13.4. The highest BCUT2D eigenvalue weighted by Crippen LogP contribution is 2.17. The van der Waals surface area contributed by atoms with Crippen LogP contribution in [0.15, 0.2) is 53.6 Å². The highest BCUT2D eigenvalue weighted by atomic mass is 16.5. The van der Waals surface area contributed by atoms with Crippen molar-refractivity contribution in [3.8, 4) is 0 Å². The first-order valence-electron chi connectivity index (χ1n) is 11.2. The van der Waals surface area contributed by atoms with Gasteiger partial charge in [-0.15, -0.1) is 5.10 Å². The summed E-state index contributed by atoms with van der Waals surface area (Å²) in [6.45, 7) is 5.02. The van der Waals surface area contributed by atoms with Gasteiger partial charge in [-0.1, -0.05) is 18.2 Å². The minimum Gasteiger partial charge on any atom is -0.376 e. The third-order valence-corrected chi connectivity index (χ3v) is 5.97. The van der Waals surface area contributed by atoms with E-state index in [2.05, 4.69) is 36.5 Å². The molecular weight excluding hydrogens is 418 g/mol. The van der Waals surface area contributed by atoms with Crippen LogP contribution in [0, 0.1) is 6.92 Å². The Balaban J connectivity index is 1.41. The molecule has 4 heterocycles. The number of rotatable bonds is 8. The topological polar surface area (TPSA) is 102 Å². The van der Waals surface area contributed by atoms with E-state index in [0.717, 1.165) is 47.3 Å². The highest BCUT2D eigenvalue weighted by Gasteiger charge is 2.20. The van der Waals surface area contributed by atoms with Gasteiger partial charge in [-0.3, -0.25) is 14.7 Å². The molecule has 1 aliphatic heterocycles. The van der Waals surface area contributed by atoms with Crippen molar-refractivity contribution in [3.05, 3.63) is 81.7 Å². The van der Waals surface area contributed by atoms with Gasteiger partial charge in [0.2, 0.25) is 0 Å². The van der Waals surface area contributed by atoms with Gasteiger partial charge < -0.3 is 9.72 Å². The molecule has 1 aliphatic rings. The summed E-state index contributed by atoms with van der Waals surface area (Å²) in [4.78, 5) is 22.3. The number of tetrazole rings is 1. The zero-order valence-corrected chi connectivity index (χ0v) is 18.6. The number of fused-ring (bicyclic) bond motifs is 1. The van der Waals surface area contributed by atoms with Crippen molar-refractivity contribution in [1.82, 2.24) is 35.1 Å². The van der Waals surface area contributed by atoms with E-state index in [1.54, 1.807) is 6.20 Å². The number of hydrogen-bond acceptors (Lipinski definition) is 7. The maximum absolute atomic E-state index is 12.9. The Labute approximate surface area is 191 Å². The molecule has 0 bridgehead atoms. The molecule has 0 saturated carbocycles. The minimum atomic E-state index is -0.0803. The molecule has 0 unspecified atom stereocenters. The summed E-state index contributed by atoms with van der Waals surface area (Å²) in [5.74, 6) is 0.752. The maximum Gasteiger partial charge on any atom is 0.252 e. The van der Waals surface area contributed by atoms with Gasteiger partial charge >= 0.3 is 0 Å². The Bertz CT molecular complexity index is 1280. The lowest BCUT2D eigenvalue weighted by atomic mass is 10.1. The molecule has 1 saturated heterocycles. The van der Waals surface area contributed by atoms with Crippen molar-refractivity contribution in [3.63, 3.8) is 0 Å². The summed E-state index contributed by atoms with van der Waals surface area (Å²) in [5.41, 5.74) is 3.64. The van der Waals surface area contributed by atoms with E-state index < -0.39 is 0 Å². The van der Waals surface area contributed by atoms with E-state index in [0.29, 0.717) is 31.7 Å². The standard InChI is InChI=1S/C24H27N7O2/c1-17-6-7-19-11-20(24(32)26-22(19)10-17)14-30(13-18-4-2-8-25-12-18)16-23-27-28-29-31(23)15-21-5-3-9-33-21/h2,4,6-8,10-12,21H,3,5,9,13-16H2,1H3,(H,26,32)/t21-/m0/s1. The number of H-pyrrole nitrogens is 1. The van der Waals surface area contributed by atoms with Crippen molar-refractivity contribution < 1.29 is 4.74 Å². The first kappa shape index (κ1) is 21.4. The van der Waals surface area contributed by atoms with Gasteiger partial charge in [0.1, 0.15) is 0 Å². The second-order valence-corrected chi connectivity index (χ2v) is 8.63. The Kier molecular flexibility index (Phi) is 6.23. The lowest BCUT2D eigenvalue weighted by Crippen LogP contribution is -2.29. The predicted octanol–water partition coefficient (Wildman–Crippen LogP) is 2.60. The van der Waals surface area contributed by atoms with Crippen molar-refractivity contribution in [2.75, 3.05) is 6.61 Å². The minimum absolute atomic E-state index is 0.0803. The molecule has 0 amide bonds. The molecule has 1 aromatic carbocycles. The molecule has 1 atom stereocenters. The van der Waals surface area contributed by atoms with Crippen molar-refractivity contribution >= 4 is 10.9 Å². The molecule has 9 nitrogen and oxygen atoms in total. The van der Waals surface area contributed by atoms with Gasteiger partial charge in [0.25, 0.3) is 5.56 Å². The second kappa shape index (κ2) is 9.60. The van der Waals surface area contributed by atoms with Crippen molar-refractivity contribution in [1.29, 1.82) is 0 Å². The first-order valence-corrected chi connectivity index (χ1v) is 11.2. The number of aryl methyl sites for hydroxylation is 1. The number of benzene rings is 1. The molecular formula is C24H27N7O2. The fourth-order valence-corrected chi connectivity index (χ4v) is 4.30. The molecule has 4 aromatic rings. The van der Waals surface area contributed by atoms with Gasteiger partial charge in [-0.05, 0) is 64.9 Å². The molecule has 1 fully saturated rings. The average Bonchev–Trinajstić information content (AvgIpc) is 3.48. The van der Waals surface area contributed by atoms with Gasteiger partial charge in [-0.25, -0.2) is 4.68 Å². The molecule has 0 spiro atoms. The number of hydrogen-bond donors (Lipinski definition) is 1. The normalized spacial score (nSPS) is 16.1. The number of pyridine rings is 2. The Morgan fingerprint density at radius 2 is 2.15 bits per heavy atom. The van der Waals surface area contributed by atoms with Crippen LogP contribution in [0.2, 0.25) is 0 Å². The Morgan fingerprint density at radius 3 is 2.97 bits per heavy atom. The summed E-state index contributed by atoms with van der Waals surface area (Å²) in [7, 11) is 0. The number of nitrogens with zero attached hydrogens (tertiary/aromatic N) is 6. The van der Waals surface area contributed by atoms with E-state index in [4.69, 9.17) is 4.74 Å². The van der Waals surface area contributed by atoms with Gasteiger partial charge in [0.05, 0.1) is 19.2 Å². The Morgan fingerprint density at radius 1 is 1.21 bits per heavy atom. The van der Waals surface area contributed by atoms with E-state index in [1.807, 2.05) is 48.1 Å². The van der Waals surface area contributed by atoms with E-state index in [1.165, 1.54) is 0 Å². The summed E-state index contributed by atoms with van der Waals surface area (Å²) in [6, 6.07) is 12.0. The van der Waals surface area contributed by atoms with Crippen LogP contribution in [0.1, 0.15) is 35.4 Å². The van der Waals surface area contributed by atoms with Crippen LogP contribution in [-0.4, -0.2) is 47.8 Å². The predicted molar refractivity (Wildman–Crippen MR) is 123 cm³/mol. The van der Waals surface area contributed by atoms with Gasteiger partial charge in [0, 0.05) is 43.2 Å². The highest BCUT2D eigenvalue weighted by molar-refractivity contribution is 5.79. The number of ether oxygens (including phenoxy) is 1. The van der Waals surface area contributed by atoms with Crippen LogP contribution in [0.25, 0.3) is 10.9 Å². The van der Waals surface area contributed by atoms with E-state index in [-0.39, 0.29) is 11.7 Å². The second-order valence-electron chi connectivity index (χ2n) is 8.63. The molecule has 3 aromatic heterocycles. The van der Waals surface area contributed by atoms with Crippen LogP contribution in [0.3, 0.4) is 0 Å². The van der Waals surface area contributed by atoms with E-state index >= 15 is 0 Å². The zero-order chi connectivity index (χ0) is 22.6. The van der Waals surface area contributed by atoms with Crippen LogP contribution in [-0.2, 0) is 30.9 Å². The molecule has 33 heavy (non-hydrogen) atoms. The molecule has 170 valence electrons. The lowest BCUT2D eigenvalue weighted by Gasteiger charge is -2.22. The monoisotopic (exact) mass is 445 g/mol. The molecule has 1 N–H and O–H groups in total. The SMILES string of the molecule is Cc1ccc2cc(CN(Cc3cccnc3)Cc3nnnn3C[C@@H]3CCCO3)c(=O)[nH]c2c1. The molecule has 0 aliphatic carbocycles. The average molecular weight is 446 g/mol. The smallest absolute Gasteiger partial charge is 0.252 e. The third kappa shape index (κ3) is 5.15. The van der Waals surface area contributed by atoms with Crippen LogP contribution in [0.5, 0.6) is 0 Å². The summed E-state index contributed by atoms with van der Waals surface area (Å²) >= 11 is 0. The number of nitrogens with one attached hydrogen (secondary N) is 1. The van der Waals surface area contributed by atoms with Crippen molar-refractivity contribution in [2.24, 2.45) is 0 Å². The first-order chi connectivity index (χ1) is 16.1. The third-order valence-electron chi connectivity index (χ3n) is 5.97. The maximum atomic E-state index is 12.9. The fourth-order valence-electron chi connectivity index (χ4n) is 4.30. The Hall–Kier alpha value is -3.43. The number of aromatic nitrogens is 6.